The molecule has 3 aromatic rings. The number of anilines is 1. The lowest BCUT2D eigenvalue weighted by Gasteiger charge is -2.24. The number of aryl methyl sites for hydroxylation is 1. The predicted octanol–water partition coefficient (Wildman–Crippen LogP) is 3.26. The van der Waals surface area contributed by atoms with E-state index < -0.39 is 15.9 Å². The van der Waals surface area contributed by atoms with Crippen LogP contribution in [0.2, 0.25) is 0 Å². The van der Waals surface area contributed by atoms with E-state index in [1.165, 1.54) is 33.0 Å². The summed E-state index contributed by atoms with van der Waals surface area (Å²) in [6.07, 6.45) is 0.497. The maximum absolute atomic E-state index is 12.8. The fourth-order valence-corrected chi connectivity index (χ4v) is 7.30. The summed E-state index contributed by atoms with van der Waals surface area (Å²) in [6, 6.07) is 4.85. The number of hydrogen-bond acceptors (Lipinski definition) is 8. The van der Waals surface area contributed by atoms with Crippen molar-refractivity contribution < 1.29 is 17.7 Å². The van der Waals surface area contributed by atoms with E-state index in [4.69, 9.17) is 4.52 Å². The molecule has 0 aliphatic carbocycles. The van der Waals surface area contributed by atoms with Crippen molar-refractivity contribution in [2.45, 2.75) is 24.1 Å². The minimum absolute atomic E-state index is 0.174. The molecular weight excluding hydrogens is 476 g/mol. The Morgan fingerprint density at radius 2 is 2.19 bits per heavy atom. The van der Waals surface area contributed by atoms with Crippen LogP contribution in [-0.4, -0.2) is 35.3 Å². The zero-order valence-electron chi connectivity index (χ0n) is 13.9. The largest absolute Gasteiger partial charge is 0.361 e. The quantitative estimate of drug-likeness (QED) is 0.603. The molecule has 142 valence electrons. The van der Waals surface area contributed by atoms with Crippen LogP contribution in [0.25, 0.3) is 0 Å². The van der Waals surface area contributed by atoms with E-state index in [1.54, 1.807) is 19.1 Å². The van der Waals surface area contributed by atoms with E-state index >= 15 is 0 Å². The molecule has 0 radical (unpaired) electrons. The van der Waals surface area contributed by atoms with Crippen LogP contribution in [0.4, 0.5) is 5.13 Å². The Balaban J connectivity index is 1.51. The van der Waals surface area contributed by atoms with Gasteiger partial charge in [0.2, 0.25) is 0 Å². The van der Waals surface area contributed by atoms with Gasteiger partial charge < -0.3 is 4.52 Å². The molecule has 0 saturated carbocycles. The third-order valence-corrected chi connectivity index (χ3v) is 8.85. The number of sulfonamides is 1. The van der Waals surface area contributed by atoms with Crippen LogP contribution in [0.15, 0.2) is 30.7 Å². The molecule has 1 amide bonds. The first-order valence-electron chi connectivity index (χ1n) is 7.81. The van der Waals surface area contributed by atoms with Gasteiger partial charge in [0, 0.05) is 23.9 Å². The van der Waals surface area contributed by atoms with Gasteiger partial charge in [-0.15, -0.1) is 22.7 Å². The Kier molecular flexibility index (Phi) is 4.93. The number of fused-ring (bicyclic) bond motifs is 1. The zero-order chi connectivity index (χ0) is 19.2. The van der Waals surface area contributed by atoms with Crippen molar-refractivity contribution in [1.82, 2.24) is 14.4 Å². The summed E-state index contributed by atoms with van der Waals surface area (Å²) >= 11 is 5.75. The van der Waals surface area contributed by atoms with E-state index in [2.05, 4.69) is 31.4 Å². The molecule has 12 heteroatoms. The van der Waals surface area contributed by atoms with Gasteiger partial charge in [-0.3, -0.25) is 10.1 Å². The average molecular weight is 489 g/mol. The second kappa shape index (κ2) is 7.09. The molecule has 4 heterocycles. The molecule has 0 aromatic carbocycles. The number of rotatable bonds is 4. The molecule has 27 heavy (non-hydrogen) atoms. The first-order valence-corrected chi connectivity index (χ1v) is 11.7. The number of carbonyl (C=O) groups excluding carboxylic acids is 1. The van der Waals surface area contributed by atoms with Crippen molar-refractivity contribution in [2.24, 2.45) is 0 Å². The number of nitrogens with zero attached hydrogens (tertiary/aromatic N) is 3. The zero-order valence-corrected chi connectivity index (χ0v) is 18.0. The van der Waals surface area contributed by atoms with Crippen molar-refractivity contribution in [1.29, 1.82) is 0 Å². The standard InChI is InChI=1S/C15H13BrN4O4S3/c1-8-6-10(19-24-8)14(21)18-15-17-9-4-5-20(7-11(9)25-15)27(22,23)13-3-2-12(16)26-13/h2-3,6H,4-5,7H2,1H3,(H,17,18,21). The lowest BCUT2D eigenvalue weighted by atomic mass is 10.2. The lowest BCUT2D eigenvalue weighted by molar-refractivity contribution is 0.101. The Morgan fingerprint density at radius 3 is 2.85 bits per heavy atom. The molecule has 4 rings (SSSR count). The van der Waals surface area contributed by atoms with Gasteiger partial charge in [0.25, 0.3) is 15.9 Å². The van der Waals surface area contributed by atoms with Crippen molar-refractivity contribution in [3.63, 3.8) is 0 Å². The van der Waals surface area contributed by atoms with Crippen molar-refractivity contribution in [3.8, 4) is 0 Å². The summed E-state index contributed by atoms with van der Waals surface area (Å²) in [5.74, 6) is 0.130. The summed E-state index contributed by atoms with van der Waals surface area (Å²) in [6.45, 7) is 2.29. The molecule has 1 N–H and O–H groups in total. The van der Waals surface area contributed by atoms with Gasteiger partial charge >= 0.3 is 0 Å². The minimum Gasteiger partial charge on any atom is -0.361 e. The average Bonchev–Trinajstić information content (AvgIpc) is 3.33. The van der Waals surface area contributed by atoms with Gasteiger partial charge in [0.05, 0.1) is 16.0 Å². The number of aromatic nitrogens is 2. The highest BCUT2D eigenvalue weighted by Gasteiger charge is 2.31. The number of halogens is 1. The minimum atomic E-state index is -3.55. The van der Waals surface area contributed by atoms with Gasteiger partial charge in [-0.2, -0.15) is 4.31 Å². The van der Waals surface area contributed by atoms with Crippen LogP contribution in [0.3, 0.4) is 0 Å². The SMILES string of the molecule is Cc1cc(C(=O)Nc2nc3c(s2)CN(S(=O)(=O)c2ccc(Br)s2)CC3)no1. The van der Waals surface area contributed by atoms with Crippen LogP contribution in [-0.2, 0) is 23.0 Å². The topological polar surface area (TPSA) is 105 Å². The molecule has 0 unspecified atom stereocenters. The fraction of sp³-hybridized carbons (Fsp3) is 0.267. The number of nitrogens with one attached hydrogen (secondary N) is 1. The molecule has 0 atom stereocenters. The highest BCUT2D eigenvalue weighted by atomic mass is 79.9. The third kappa shape index (κ3) is 3.72. The van der Waals surface area contributed by atoms with Gasteiger partial charge in [-0.1, -0.05) is 5.16 Å². The Labute approximate surface area is 171 Å². The van der Waals surface area contributed by atoms with Crippen LogP contribution >= 0.6 is 38.6 Å². The summed E-state index contributed by atoms with van der Waals surface area (Å²) in [7, 11) is -3.55. The van der Waals surface area contributed by atoms with Gasteiger partial charge in [-0.25, -0.2) is 13.4 Å². The fourth-order valence-electron chi connectivity index (χ4n) is 2.63. The van der Waals surface area contributed by atoms with E-state index in [9.17, 15) is 13.2 Å². The molecule has 1 aliphatic heterocycles. The van der Waals surface area contributed by atoms with Crippen molar-refractivity contribution in [3.05, 3.63) is 44.0 Å². The second-order valence-electron chi connectivity index (χ2n) is 5.81. The van der Waals surface area contributed by atoms with Crippen molar-refractivity contribution in [2.75, 3.05) is 11.9 Å². The van der Waals surface area contributed by atoms with Crippen LogP contribution in [0.5, 0.6) is 0 Å². The maximum Gasteiger partial charge on any atom is 0.279 e. The van der Waals surface area contributed by atoms with Gasteiger partial charge in [-0.05, 0) is 35.0 Å². The Morgan fingerprint density at radius 1 is 1.37 bits per heavy atom. The second-order valence-corrected chi connectivity index (χ2v) is 11.5. The van der Waals surface area contributed by atoms with Crippen molar-refractivity contribution >= 4 is 59.7 Å². The van der Waals surface area contributed by atoms with Crippen LogP contribution in [0.1, 0.15) is 26.8 Å². The monoisotopic (exact) mass is 488 g/mol. The summed E-state index contributed by atoms with van der Waals surface area (Å²) < 4.78 is 33.0. The first-order chi connectivity index (χ1) is 12.8. The first kappa shape index (κ1) is 18.7. The lowest BCUT2D eigenvalue weighted by Crippen LogP contribution is -2.35. The normalized spacial score (nSPS) is 14.9. The molecule has 1 aliphatic rings. The van der Waals surface area contributed by atoms with Crippen LogP contribution in [0, 0.1) is 6.92 Å². The number of thiophene rings is 1. The number of thiazole rings is 1. The molecule has 0 spiro atoms. The molecule has 0 saturated heterocycles. The third-order valence-electron chi connectivity index (χ3n) is 3.92. The Hall–Kier alpha value is -1.60. The molecule has 0 bridgehead atoms. The number of carbonyl (C=O) groups is 1. The smallest absolute Gasteiger partial charge is 0.279 e. The van der Waals surface area contributed by atoms with Gasteiger partial charge in [0.1, 0.15) is 9.97 Å². The number of amides is 1. The van der Waals surface area contributed by atoms with E-state index in [0.29, 0.717) is 28.1 Å². The summed E-state index contributed by atoms with van der Waals surface area (Å²) in [4.78, 5) is 17.4. The highest BCUT2D eigenvalue weighted by molar-refractivity contribution is 9.11. The molecular formula is C15H13BrN4O4S3. The molecule has 8 nitrogen and oxygen atoms in total. The van der Waals surface area contributed by atoms with E-state index in [0.717, 1.165) is 14.4 Å². The van der Waals surface area contributed by atoms with E-state index in [1.807, 2.05) is 0 Å². The summed E-state index contributed by atoms with van der Waals surface area (Å²) in [5.41, 5.74) is 0.985. The molecule has 0 fully saturated rings. The Bertz CT molecular complexity index is 1120. The summed E-state index contributed by atoms with van der Waals surface area (Å²) in [5, 5.41) is 6.78. The predicted molar refractivity (Wildman–Crippen MR) is 105 cm³/mol. The van der Waals surface area contributed by atoms with E-state index in [-0.39, 0.29) is 12.2 Å². The maximum atomic E-state index is 12.8. The number of hydrogen-bond donors (Lipinski definition) is 1. The molecule has 3 aromatic heterocycles. The van der Waals surface area contributed by atoms with Gasteiger partial charge in [0.15, 0.2) is 10.8 Å². The van der Waals surface area contributed by atoms with Crippen LogP contribution < -0.4 is 5.32 Å². The highest BCUT2D eigenvalue weighted by Crippen LogP contribution is 2.34.